The molecule has 2 aromatic rings. The molecule has 0 aromatic heterocycles. The van der Waals surface area contributed by atoms with E-state index in [4.69, 9.17) is 14.2 Å². The summed E-state index contributed by atoms with van der Waals surface area (Å²) >= 11 is 0. The maximum atomic E-state index is 13.7. The molecule has 6 aliphatic rings. The molecule has 2 aromatic carbocycles. The van der Waals surface area contributed by atoms with Crippen molar-refractivity contribution < 1.29 is 28.6 Å². The van der Waals surface area contributed by atoms with Crippen LogP contribution in [-0.2, 0) is 28.6 Å². The summed E-state index contributed by atoms with van der Waals surface area (Å²) in [4.78, 5) is 40.8. The predicted molar refractivity (Wildman–Crippen MR) is 203 cm³/mol. The fraction of sp³-hybridized carbons (Fsp3) is 0.543. The minimum Gasteiger partial charge on any atom is -0.469 e. The molecule has 0 saturated heterocycles. The van der Waals surface area contributed by atoms with Crippen molar-refractivity contribution in [1.82, 2.24) is 0 Å². The summed E-state index contributed by atoms with van der Waals surface area (Å²) in [6.45, 7) is 11.5. The van der Waals surface area contributed by atoms with Gasteiger partial charge in [-0.15, -0.1) is 0 Å². The lowest BCUT2D eigenvalue weighted by molar-refractivity contribution is -0.264. The van der Waals surface area contributed by atoms with Crippen LogP contribution in [0, 0.1) is 51.2 Å². The number of methoxy groups -OCH3 is 1. The van der Waals surface area contributed by atoms with Crippen molar-refractivity contribution in [3.05, 3.63) is 95.6 Å². The number of ether oxygens (including phenoxy) is 3. The van der Waals surface area contributed by atoms with Gasteiger partial charge in [-0.25, -0.2) is 9.59 Å². The predicted octanol–water partition coefficient (Wildman–Crippen LogP) is 9.65. The molecule has 276 valence electrons. The van der Waals surface area contributed by atoms with Gasteiger partial charge < -0.3 is 14.2 Å². The van der Waals surface area contributed by atoms with Gasteiger partial charge in [0, 0.05) is 23.5 Å². The second-order valence-electron chi connectivity index (χ2n) is 17.4. The molecule has 0 N–H and O–H groups in total. The number of carbonyl (C=O) groups excluding carboxylic acids is 3. The van der Waals surface area contributed by atoms with E-state index in [0.29, 0.717) is 24.7 Å². The van der Waals surface area contributed by atoms with Gasteiger partial charge >= 0.3 is 17.9 Å². The molecule has 6 aliphatic carbocycles. The Morgan fingerprint density at radius 1 is 0.769 bits per heavy atom. The van der Waals surface area contributed by atoms with Crippen molar-refractivity contribution in [2.24, 2.45) is 51.2 Å². The van der Waals surface area contributed by atoms with Gasteiger partial charge in [-0.2, -0.15) is 0 Å². The Labute approximate surface area is 310 Å². The SMILES string of the molecule is COC(=O)[C@]1(C)CCC[C@@]2(C)[C@H]1CC[C@]13C=C(C(C)C)C(C[C@H]21)[C@]1(C)C3[C@@H](OC(=O)/C=C/c2ccccc2)CC[C@@H]1OC(=O)/C=C/c1ccccc1. The molecule has 1 spiro atoms. The van der Waals surface area contributed by atoms with Gasteiger partial charge in [0.15, 0.2) is 0 Å². The Bertz CT molecular complexity index is 1760. The minimum absolute atomic E-state index is 0.0472. The van der Waals surface area contributed by atoms with Crippen LogP contribution in [0.5, 0.6) is 0 Å². The number of hydrogen-bond donors (Lipinski definition) is 0. The summed E-state index contributed by atoms with van der Waals surface area (Å²) in [6, 6.07) is 19.6. The van der Waals surface area contributed by atoms with Crippen LogP contribution in [0.3, 0.4) is 0 Å². The number of hydrogen-bond acceptors (Lipinski definition) is 6. The van der Waals surface area contributed by atoms with E-state index in [2.05, 4.69) is 40.7 Å². The Morgan fingerprint density at radius 2 is 1.38 bits per heavy atom. The first kappa shape index (κ1) is 36.4. The Hall–Kier alpha value is -3.93. The third-order valence-electron chi connectivity index (χ3n) is 14.6. The van der Waals surface area contributed by atoms with E-state index >= 15 is 0 Å². The number of rotatable bonds is 8. The molecule has 0 aliphatic heterocycles. The van der Waals surface area contributed by atoms with E-state index in [0.717, 1.165) is 49.7 Å². The largest absolute Gasteiger partial charge is 0.469 e. The maximum Gasteiger partial charge on any atom is 0.331 e. The molecule has 0 amide bonds. The molecular formula is C46H56O6. The summed E-state index contributed by atoms with van der Waals surface area (Å²) in [5, 5.41) is 0. The molecule has 6 nitrogen and oxygen atoms in total. The normalized spacial score (nSPS) is 37.9. The fourth-order valence-electron chi connectivity index (χ4n) is 12.6. The van der Waals surface area contributed by atoms with Crippen molar-refractivity contribution >= 4 is 30.1 Å². The Kier molecular flexibility index (Phi) is 9.67. The highest BCUT2D eigenvalue weighted by Crippen LogP contribution is 2.78. The fourth-order valence-corrected chi connectivity index (χ4v) is 12.6. The number of fused-ring (bicyclic) bond motifs is 1. The number of benzene rings is 2. The molecule has 10 atom stereocenters. The lowest BCUT2D eigenvalue weighted by atomic mass is 9.30. The average molecular weight is 705 g/mol. The lowest BCUT2D eigenvalue weighted by Crippen LogP contribution is -2.72. The summed E-state index contributed by atoms with van der Waals surface area (Å²) < 4.78 is 18.6. The lowest BCUT2D eigenvalue weighted by Gasteiger charge is -2.74. The van der Waals surface area contributed by atoms with E-state index in [1.807, 2.05) is 72.8 Å². The van der Waals surface area contributed by atoms with Crippen molar-refractivity contribution in [3.8, 4) is 0 Å². The second kappa shape index (κ2) is 13.8. The zero-order chi connectivity index (χ0) is 36.9. The molecule has 2 bridgehead atoms. The molecule has 52 heavy (non-hydrogen) atoms. The highest BCUT2D eigenvalue weighted by molar-refractivity contribution is 5.88. The summed E-state index contributed by atoms with van der Waals surface area (Å²) in [5.74, 6) is 0.152. The van der Waals surface area contributed by atoms with E-state index in [-0.39, 0.29) is 58.7 Å². The molecule has 2 unspecified atom stereocenters. The molecular weight excluding hydrogens is 649 g/mol. The van der Waals surface area contributed by atoms with E-state index < -0.39 is 10.8 Å². The van der Waals surface area contributed by atoms with Crippen molar-refractivity contribution in [2.75, 3.05) is 7.11 Å². The van der Waals surface area contributed by atoms with Crippen LogP contribution >= 0.6 is 0 Å². The van der Waals surface area contributed by atoms with Gasteiger partial charge in [-0.3, -0.25) is 4.79 Å². The third kappa shape index (κ3) is 5.89. The summed E-state index contributed by atoms with van der Waals surface area (Å²) in [6.07, 6.45) is 15.6. The van der Waals surface area contributed by atoms with Crippen LogP contribution in [-0.4, -0.2) is 37.2 Å². The van der Waals surface area contributed by atoms with Crippen molar-refractivity contribution in [3.63, 3.8) is 0 Å². The Balaban J connectivity index is 1.29. The molecule has 4 saturated carbocycles. The number of carbonyl (C=O) groups is 3. The standard InChI is InChI=1S/C46H56O6/c1-30(2)33-29-46-27-24-36-43(3,25-13-26-44(36,4)42(49)50-6)37(46)28-34(33)45(5)38(52-40(48)23-19-32-16-11-8-12-17-32)21-20-35(41(45)46)51-39(47)22-18-31-14-9-7-10-15-31/h7-12,14-19,22-23,29-30,34-38,41H,13,20-21,24-28H2,1-6H3/b22-18+,23-19+/t34?,35-,36+,37+,38-,41?,43-,44+,45-,46-/m0/s1. The molecule has 4 fully saturated rings. The average Bonchev–Trinajstić information content (AvgIpc) is 3.14. The number of esters is 3. The van der Waals surface area contributed by atoms with E-state index in [1.165, 1.54) is 12.7 Å². The van der Waals surface area contributed by atoms with Gasteiger partial charge in [0.05, 0.1) is 12.5 Å². The van der Waals surface area contributed by atoms with Crippen molar-refractivity contribution in [1.29, 1.82) is 0 Å². The molecule has 0 heterocycles. The first-order valence-corrected chi connectivity index (χ1v) is 19.6. The first-order chi connectivity index (χ1) is 24.9. The van der Waals surface area contributed by atoms with E-state index in [1.54, 1.807) is 12.2 Å². The van der Waals surface area contributed by atoms with Gasteiger partial charge in [0.2, 0.25) is 0 Å². The van der Waals surface area contributed by atoms with Crippen LogP contribution in [0.15, 0.2) is 84.5 Å². The zero-order valence-electron chi connectivity index (χ0n) is 31.8. The quantitative estimate of drug-likeness (QED) is 0.118. The van der Waals surface area contributed by atoms with Gasteiger partial charge in [0.25, 0.3) is 0 Å². The molecule has 0 radical (unpaired) electrons. The summed E-state index contributed by atoms with van der Waals surface area (Å²) in [5.41, 5.74) is 1.99. The molecule has 8 rings (SSSR count). The first-order valence-electron chi connectivity index (χ1n) is 19.6. The van der Waals surface area contributed by atoms with Gasteiger partial charge in [-0.1, -0.05) is 106 Å². The van der Waals surface area contributed by atoms with Gasteiger partial charge in [0.1, 0.15) is 12.2 Å². The number of allylic oxidation sites excluding steroid dienone is 2. The smallest absolute Gasteiger partial charge is 0.331 e. The van der Waals surface area contributed by atoms with Crippen LogP contribution in [0.1, 0.15) is 97.1 Å². The van der Waals surface area contributed by atoms with Crippen LogP contribution in [0.2, 0.25) is 0 Å². The second-order valence-corrected chi connectivity index (χ2v) is 17.4. The van der Waals surface area contributed by atoms with Crippen molar-refractivity contribution in [2.45, 2.75) is 98.2 Å². The van der Waals surface area contributed by atoms with Crippen LogP contribution in [0.25, 0.3) is 12.2 Å². The van der Waals surface area contributed by atoms with E-state index in [9.17, 15) is 14.4 Å². The zero-order valence-corrected chi connectivity index (χ0v) is 31.8. The maximum absolute atomic E-state index is 13.7. The van der Waals surface area contributed by atoms with Gasteiger partial charge in [-0.05, 0) is 110 Å². The minimum atomic E-state index is -0.530. The third-order valence-corrected chi connectivity index (χ3v) is 14.6. The monoisotopic (exact) mass is 704 g/mol. The van der Waals surface area contributed by atoms with Crippen LogP contribution < -0.4 is 0 Å². The summed E-state index contributed by atoms with van der Waals surface area (Å²) in [7, 11) is 1.53. The van der Waals surface area contributed by atoms with Crippen LogP contribution in [0.4, 0.5) is 0 Å². The highest BCUT2D eigenvalue weighted by atomic mass is 16.6. The topological polar surface area (TPSA) is 78.9 Å². The Morgan fingerprint density at radius 3 is 1.98 bits per heavy atom. The highest BCUT2D eigenvalue weighted by Gasteiger charge is 2.75. The molecule has 6 heteroatoms.